The van der Waals surface area contributed by atoms with Crippen LogP contribution < -0.4 is 5.32 Å². The van der Waals surface area contributed by atoms with E-state index in [0.29, 0.717) is 19.3 Å². The first kappa shape index (κ1) is 15.3. The number of hydrogen-bond acceptors (Lipinski definition) is 4. The number of aliphatic hydroxyl groups is 1. The first-order valence-corrected chi connectivity index (χ1v) is 6.96. The van der Waals surface area contributed by atoms with Crippen LogP contribution in [0, 0.1) is 5.92 Å². The second kappa shape index (κ2) is 7.08. The predicted octanol–water partition coefficient (Wildman–Crippen LogP) is 1.53. The highest BCUT2D eigenvalue weighted by molar-refractivity contribution is 5.72. The summed E-state index contributed by atoms with van der Waals surface area (Å²) in [6.45, 7) is 0.137. The Labute approximate surface area is 122 Å². The summed E-state index contributed by atoms with van der Waals surface area (Å²) in [4.78, 5) is 22.7. The average Bonchev–Trinajstić information content (AvgIpc) is 2.48. The molecule has 2 rings (SSSR count). The van der Waals surface area contributed by atoms with Crippen LogP contribution >= 0.6 is 0 Å². The summed E-state index contributed by atoms with van der Waals surface area (Å²) in [5.74, 6) is -1.87. The molecule has 0 aromatic heterocycles. The van der Waals surface area contributed by atoms with Crippen LogP contribution in [-0.4, -0.2) is 34.4 Å². The second-order valence-corrected chi connectivity index (χ2v) is 5.18. The standard InChI is InChI=1S/C15H19NO5/c17-13-11(14(18)19)7-4-8-12(13)16-15(20)21-9-10-5-2-1-3-6-10/h1-3,5-6,11-13,17H,4,7-9H2,(H,16,20)(H,18,19)/t11-,12+,13-/m0/s1. The van der Waals surface area contributed by atoms with Gasteiger partial charge < -0.3 is 20.3 Å². The highest BCUT2D eigenvalue weighted by Gasteiger charge is 2.37. The third-order valence-corrected chi connectivity index (χ3v) is 3.69. The zero-order chi connectivity index (χ0) is 15.2. The van der Waals surface area contributed by atoms with Gasteiger partial charge in [-0.2, -0.15) is 0 Å². The topological polar surface area (TPSA) is 95.9 Å². The summed E-state index contributed by atoms with van der Waals surface area (Å²) in [5, 5.41) is 21.5. The minimum atomic E-state index is -1.08. The van der Waals surface area contributed by atoms with Crippen molar-refractivity contribution in [2.24, 2.45) is 5.92 Å². The number of ether oxygens (including phenoxy) is 1. The number of nitrogens with one attached hydrogen (secondary N) is 1. The minimum absolute atomic E-state index is 0.137. The van der Waals surface area contributed by atoms with Crippen LogP contribution in [0.5, 0.6) is 0 Å². The van der Waals surface area contributed by atoms with Crippen LogP contribution in [0.15, 0.2) is 30.3 Å². The highest BCUT2D eigenvalue weighted by Crippen LogP contribution is 2.25. The molecule has 1 fully saturated rings. The normalized spacial score (nSPS) is 25.1. The Morgan fingerprint density at radius 1 is 1.24 bits per heavy atom. The Kier molecular flexibility index (Phi) is 5.16. The van der Waals surface area contributed by atoms with Gasteiger partial charge in [-0.15, -0.1) is 0 Å². The maximum absolute atomic E-state index is 11.7. The Morgan fingerprint density at radius 2 is 1.95 bits per heavy atom. The third-order valence-electron chi connectivity index (χ3n) is 3.69. The van der Waals surface area contributed by atoms with Crippen LogP contribution in [0.1, 0.15) is 24.8 Å². The van der Waals surface area contributed by atoms with Crippen molar-refractivity contribution in [3.8, 4) is 0 Å². The number of aliphatic carboxylic acids is 1. The first-order valence-electron chi connectivity index (χ1n) is 6.96. The molecule has 0 unspecified atom stereocenters. The lowest BCUT2D eigenvalue weighted by Gasteiger charge is -2.32. The highest BCUT2D eigenvalue weighted by atomic mass is 16.5. The molecular formula is C15H19NO5. The molecule has 1 amide bonds. The average molecular weight is 293 g/mol. The molecule has 114 valence electrons. The molecule has 1 aromatic rings. The van der Waals surface area contributed by atoms with Gasteiger partial charge in [0.1, 0.15) is 6.61 Å². The van der Waals surface area contributed by atoms with E-state index in [2.05, 4.69) is 5.32 Å². The van der Waals surface area contributed by atoms with Gasteiger partial charge >= 0.3 is 12.1 Å². The van der Waals surface area contributed by atoms with Gasteiger partial charge in [-0.3, -0.25) is 4.79 Å². The van der Waals surface area contributed by atoms with Crippen molar-refractivity contribution in [2.75, 3.05) is 0 Å². The number of rotatable bonds is 4. The Bertz CT molecular complexity index is 490. The molecule has 1 aromatic carbocycles. The van der Waals surface area contributed by atoms with Crippen molar-refractivity contribution in [1.29, 1.82) is 0 Å². The summed E-state index contributed by atoms with van der Waals surface area (Å²) in [5.41, 5.74) is 0.861. The molecule has 3 atom stereocenters. The summed E-state index contributed by atoms with van der Waals surface area (Å²) >= 11 is 0. The molecule has 1 saturated carbocycles. The van der Waals surface area contributed by atoms with E-state index in [4.69, 9.17) is 9.84 Å². The Balaban J connectivity index is 1.83. The fourth-order valence-corrected chi connectivity index (χ4v) is 2.52. The number of carbonyl (C=O) groups excluding carboxylic acids is 1. The van der Waals surface area contributed by atoms with E-state index < -0.39 is 30.1 Å². The number of aliphatic hydroxyl groups excluding tert-OH is 1. The lowest BCUT2D eigenvalue weighted by Crippen LogP contribution is -2.50. The lowest BCUT2D eigenvalue weighted by atomic mass is 9.83. The minimum Gasteiger partial charge on any atom is -0.481 e. The Morgan fingerprint density at radius 3 is 2.62 bits per heavy atom. The zero-order valence-corrected chi connectivity index (χ0v) is 11.6. The largest absolute Gasteiger partial charge is 0.481 e. The molecular weight excluding hydrogens is 274 g/mol. The molecule has 6 nitrogen and oxygen atoms in total. The van der Waals surface area contributed by atoms with E-state index in [1.807, 2.05) is 30.3 Å². The second-order valence-electron chi connectivity index (χ2n) is 5.18. The number of benzene rings is 1. The lowest BCUT2D eigenvalue weighted by molar-refractivity contribution is -0.148. The summed E-state index contributed by atoms with van der Waals surface area (Å²) in [6.07, 6.45) is -0.106. The zero-order valence-electron chi connectivity index (χ0n) is 11.6. The van der Waals surface area contributed by atoms with Crippen molar-refractivity contribution in [3.63, 3.8) is 0 Å². The molecule has 21 heavy (non-hydrogen) atoms. The fourth-order valence-electron chi connectivity index (χ4n) is 2.52. The quantitative estimate of drug-likeness (QED) is 0.782. The van der Waals surface area contributed by atoms with Gasteiger partial charge in [0.15, 0.2) is 0 Å². The van der Waals surface area contributed by atoms with Crippen molar-refractivity contribution >= 4 is 12.1 Å². The van der Waals surface area contributed by atoms with E-state index in [-0.39, 0.29) is 6.61 Å². The number of carboxylic acids is 1. The van der Waals surface area contributed by atoms with Gasteiger partial charge in [-0.05, 0) is 18.4 Å². The van der Waals surface area contributed by atoms with Crippen LogP contribution in [0.2, 0.25) is 0 Å². The van der Waals surface area contributed by atoms with Gasteiger partial charge in [0.05, 0.1) is 18.1 Å². The molecule has 1 aliphatic rings. The van der Waals surface area contributed by atoms with E-state index >= 15 is 0 Å². The van der Waals surface area contributed by atoms with Crippen LogP contribution in [-0.2, 0) is 16.1 Å². The maximum Gasteiger partial charge on any atom is 0.407 e. The van der Waals surface area contributed by atoms with Crippen molar-refractivity contribution in [1.82, 2.24) is 5.32 Å². The summed E-state index contributed by atoms with van der Waals surface area (Å²) < 4.78 is 5.07. The monoisotopic (exact) mass is 293 g/mol. The number of amides is 1. The molecule has 3 N–H and O–H groups in total. The maximum atomic E-state index is 11.7. The van der Waals surface area contributed by atoms with E-state index in [1.165, 1.54) is 0 Å². The van der Waals surface area contributed by atoms with E-state index in [1.54, 1.807) is 0 Å². The molecule has 0 heterocycles. The molecule has 1 aliphatic carbocycles. The number of alkyl carbamates (subject to hydrolysis) is 1. The van der Waals surface area contributed by atoms with Gasteiger partial charge in [0.25, 0.3) is 0 Å². The number of carboxylic acid groups (broad SMARTS) is 1. The Hall–Kier alpha value is -2.08. The number of hydrogen-bond donors (Lipinski definition) is 3. The van der Waals surface area contributed by atoms with Crippen molar-refractivity contribution < 1.29 is 24.5 Å². The smallest absolute Gasteiger partial charge is 0.407 e. The molecule has 0 aliphatic heterocycles. The molecule has 0 radical (unpaired) electrons. The molecule has 0 bridgehead atoms. The summed E-state index contributed by atoms with van der Waals surface area (Å²) in [7, 11) is 0. The number of carbonyl (C=O) groups is 2. The third kappa shape index (κ3) is 4.19. The molecule has 6 heteroatoms. The molecule has 0 saturated heterocycles. The fraction of sp³-hybridized carbons (Fsp3) is 0.467. The van der Waals surface area contributed by atoms with E-state index in [9.17, 15) is 14.7 Å². The summed E-state index contributed by atoms with van der Waals surface area (Å²) in [6, 6.07) is 8.65. The van der Waals surface area contributed by atoms with Crippen LogP contribution in [0.4, 0.5) is 4.79 Å². The van der Waals surface area contributed by atoms with Crippen LogP contribution in [0.25, 0.3) is 0 Å². The van der Waals surface area contributed by atoms with Crippen LogP contribution in [0.3, 0.4) is 0 Å². The predicted molar refractivity (Wildman–Crippen MR) is 74.5 cm³/mol. The van der Waals surface area contributed by atoms with Gasteiger partial charge in [-0.1, -0.05) is 36.8 Å². The first-order chi connectivity index (χ1) is 10.1. The van der Waals surface area contributed by atoms with Gasteiger partial charge in [0.2, 0.25) is 0 Å². The van der Waals surface area contributed by atoms with Crippen molar-refractivity contribution in [2.45, 2.75) is 38.0 Å². The van der Waals surface area contributed by atoms with Gasteiger partial charge in [0, 0.05) is 0 Å². The SMILES string of the molecule is O=C(N[C@@H]1CCC[C@H](C(=O)O)[C@@H]1O)OCc1ccccc1. The van der Waals surface area contributed by atoms with Crippen molar-refractivity contribution in [3.05, 3.63) is 35.9 Å². The molecule has 0 spiro atoms. The van der Waals surface area contributed by atoms with Gasteiger partial charge in [-0.25, -0.2) is 4.79 Å². The van der Waals surface area contributed by atoms with E-state index in [0.717, 1.165) is 5.56 Å².